The summed E-state index contributed by atoms with van der Waals surface area (Å²) >= 11 is 2.21. The maximum absolute atomic E-state index is 12.7. The quantitative estimate of drug-likeness (QED) is 0.735. The van der Waals surface area contributed by atoms with Gasteiger partial charge in [-0.1, -0.05) is 12.1 Å². The molecule has 1 fully saturated rings. The number of carbonyl (C=O) groups is 1. The zero-order valence-corrected chi connectivity index (χ0v) is 15.8. The van der Waals surface area contributed by atoms with Crippen molar-refractivity contribution in [3.8, 4) is 0 Å². The van der Waals surface area contributed by atoms with Crippen molar-refractivity contribution < 1.29 is 13.2 Å². The number of nitrogens with one attached hydrogen (secondary N) is 1. The van der Waals surface area contributed by atoms with E-state index in [9.17, 15) is 13.2 Å². The summed E-state index contributed by atoms with van der Waals surface area (Å²) in [5.74, 6) is 0.215. The molecule has 1 atom stereocenters. The Kier molecular flexibility index (Phi) is 5.84. The fourth-order valence-electron chi connectivity index (χ4n) is 2.67. The minimum absolute atomic E-state index is 0.0390. The van der Waals surface area contributed by atoms with Gasteiger partial charge in [0.1, 0.15) is 0 Å². The smallest absolute Gasteiger partial charge is 0.254 e. The first kappa shape index (κ1) is 17.7. The average Bonchev–Trinajstić information content (AvgIpc) is 2.47. The molecule has 0 radical (unpaired) electrons. The van der Waals surface area contributed by atoms with E-state index in [0.29, 0.717) is 13.1 Å². The van der Waals surface area contributed by atoms with E-state index in [1.54, 1.807) is 0 Å². The Morgan fingerprint density at radius 3 is 2.86 bits per heavy atom. The van der Waals surface area contributed by atoms with Crippen molar-refractivity contribution >= 4 is 38.5 Å². The van der Waals surface area contributed by atoms with Gasteiger partial charge in [-0.15, -0.1) is 0 Å². The van der Waals surface area contributed by atoms with E-state index in [-0.39, 0.29) is 11.8 Å². The molecule has 0 bridgehead atoms. The van der Waals surface area contributed by atoms with E-state index in [0.717, 1.165) is 40.3 Å². The van der Waals surface area contributed by atoms with E-state index >= 15 is 0 Å². The second kappa shape index (κ2) is 7.27. The van der Waals surface area contributed by atoms with Crippen molar-refractivity contribution in [1.29, 1.82) is 0 Å². The Bertz CT molecular complexity index is 661. The van der Waals surface area contributed by atoms with Crippen molar-refractivity contribution in [3.05, 3.63) is 32.9 Å². The van der Waals surface area contributed by atoms with Gasteiger partial charge in [0.2, 0.25) is 10.0 Å². The summed E-state index contributed by atoms with van der Waals surface area (Å²) in [5, 5.41) is 0. The Morgan fingerprint density at radius 2 is 2.18 bits per heavy atom. The van der Waals surface area contributed by atoms with Gasteiger partial charge in [0, 0.05) is 23.2 Å². The predicted octanol–water partition coefficient (Wildman–Crippen LogP) is 2.00. The third-order valence-electron chi connectivity index (χ3n) is 3.86. The number of rotatable bonds is 4. The SMILES string of the molecule is Cc1cccc(C(=O)N2CCCC(CNS(C)(=O)=O)C2)c1I. The van der Waals surface area contributed by atoms with Gasteiger partial charge < -0.3 is 4.90 Å². The molecule has 1 unspecified atom stereocenters. The summed E-state index contributed by atoms with van der Waals surface area (Å²) in [4.78, 5) is 14.5. The van der Waals surface area contributed by atoms with Crippen molar-refractivity contribution in [1.82, 2.24) is 9.62 Å². The largest absolute Gasteiger partial charge is 0.338 e. The molecule has 1 N–H and O–H groups in total. The number of carbonyl (C=O) groups excluding carboxylic acids is 1. The first-order valence-corrected chi connectivity index (χ1v) is 10.2. The molecule has 0 aliphatic carbocycles. The van der Waals surface area contributed by atoms with E-state index in [1.165, 1.54) is 0 Å². The van der Waals surface area contributed by atoms with Crippen LogP contribution >= 0.6 is 22.6 Å². The van der Waals surface area contributed by atoms with E-state index in [4.69, 9.17) is 0 Å². The maximum Gasteiger partial charge on any atom is 0.254 e. The molecular formula is C15H21IN2O3S. The fraction of sp³-hybridized carbons (Fsp3) is 0.533. The molecule has 1 aliphatic heterocycles. The molecule has 1 heterocycles. The molecule has 1 amide bonds. The van der Waals surface area contributed by atoms with Crippen LogP contribution in [0.25, 0.3) is 0 Å². The van der Waals surface area contributed by atoms with Crippen LogP contribution in [0.2, 0.25) is 0 Å². The number of halogens is 1. The lowest BCUT2D eigenvalue weighted by atomic mass is 9.97. The highest BCUT2D eigenvalue weighted by Gasteiger charge is 2.26. The van der Waals surface area contributed by atoms with Crippen molar-refractivity contribution in [2.24, 2.45) is 5.92 Å². The van der Waals surface area contributed by atoms with Crippen LogP contribution in [0.3, 0.4) is 0 Å². The van der Waals surface area contributed by atoms with Crippen LogP contribution in [0.5, 0.6) is 0 Å². The summed E-state index contributed by atoms with van der Waals surface area (Å²) < 4.78 is 25.9. The number of piperidine rings is 1. The molecule has 1 aromatic carbocycles. The normalized spacial score (nSPS) is 19.2. The lowest BCUT2D eigenvalue weighted by Crippen LogP contribution is -2.43. The number of hydrogen-bond acceptors (Lipinski definition) is 3. The number of hydrogen-bond donors (Lipinski definition) is 1. The number of aryl methyl sites for hydroxylation is 1. The van der Waals surface area contributed by atoms with Crippen LogP contribution in [0.4, 0.5) is 0 Å². The van der Waals surface area contributed by atoms with Gasteiger partial charge in [0.15, 0.2) is 0 Å². The van der Waals surface area contributed by atoms with Gasteiger partial charge in [-0.25, -0.2) is 13.1 Å². The lowest BCUT2D eigenvalue weighted by molar-refractivity contribution is 0.0675. The van der Waals surface area contributed by atoms with E-state index in [2.05, 4.69) is 27.3 Å². The molecule has 1 aromatic rings. The fourth-order valence-corrected chi connectivity index (χ4v) is 3.80. The number of benzene rings is 1. The van der Waals surface area contributed by atoms with Gasteiger partial charge in [0.25, 0.3) is 5.91 Å². The summed E-state index contributed by atoms with van der Waals surface area (Å²) in [6.45, 7) is 3.73. The third kappa shape index (κ3) is 4.66. The van der Waals surface area contributed by atoms with Crippen LogP contribution < -0.4 is 4.72 Å². The van der Waals surface area contributed by atoms with Crippen molar-refractivity contribution in [3.63, 3.8) is 0 Å². The molecule has 1 aliphatic rings. The number of nitrogens with zero attached hydrogens (tertiary/aromatic N) is 1. The van der Waals surface area contributed by atoms with Gasteiger partial charge in [0.05, 0.1) is 11.8 Å². The minimum Gasteiger partial charge on any atom is -0.338 e. The Balaban J connectivity index is 2.05. The van der Waals surface area contributed by atoms with E-state index in [1.807, 2.05) is 30.0 Å². The lowest BCUT2D eigenvalue weighted by Gasteiger charge is -2.33. The molecule has 0 aromatic heterocycles. The third-order valence-corrected chi connectivity index (χ3v) is 5.99. The number of likely N-dealkylation sites (tertiary alicyclic amines) is 1. The molecule has 7 heteroatoms. The second-order valence-electron chi connectivity index (χ2n) is 5.82. The highest BCUT2D eigenvalue weighted by Crippen LogP contribution is 2.22. The molecule has 122 valence electrons. The first-order valence-electron chi connectivity index (χ1n) is 7.27. The van der Waals surface area contributed by atoms with Crippen molar-refractivity contribution in [2.75, 3.05) is 25.9 Å². The highest BCUT2D eigenvalue weighted by molar-refractivity contribution is 14.1. The van der Waals surface area contributed by atoms with Gasteiger partial charge in [-0.2, -0.15) is 0 Å². The number of sulfonamides is 1. The first-order chi connectivity index (χ1) is 10.3. The summed E-state index contributed by atoms with van der Waals surface area (Å²) in [6, 6.07) is 5.75. The van der Waals surface area contributed by atoms with Crippen LogP contribution in [-0.2, 0) is 10.0 Å². The van der Waals surface area contributed by atoms with Crippen molar-refractivity contribution in [2.45, 2.75) is 19.8 Å². The minimum atomic E-state index is -3.18. The summed E-state index contributed by atoms with van der Waals surface area (Å²) in [7, 11) is -3.18. The Morgan fingerprint density at radius 1 is 1.45 bits per heavy atom. The highest BCUT2D eigenvalue weighted by atomic mass is 127. The van der Waals surface area contributed by atoms with Crippen LogP contribution in [0.15, 0.2) is 18.2 Å². The topological polar surface area (TPSA) is 66.5 Å². The molecular weight excluding hydrogens is 415 g/mol. The van der Waals surface area contributed by atoms with E-state index < -0.39 is 10.0 Å². The zero-order valence-electron chi connectivity index (χ0n) is 12.8. The Hall–Kier alpha value is -0.670. The molecule has 1 saturated heterocycles. The Labute approximate surface area is 145 Å². The van der Waals surface area contributed by atoms with Gasteiger partial charge in [-0.05, 0) is 59.9 Å². The molecule has 22 heavy (non-hydrogen) atoms. The molecule has 0 spiro atoms. The zero-order chi connectivity index (χ0) is 16.3. The predicted molar refractivity (Wildman–Crippen MR) is 95.4 cm³/mol. The van der Waals surface area contributed by atoms with Crippen LogP contribution in [0.1, 0.15) is 28.8 Å². The molecule has 0 saturated carbocycles. The average molecular weight is 436 g/mol. The molecule has 5 nitrogen and oxygen atoms in total. The second-order valence-corrected chi connectivity index (χ2v) is 8.73. The van der Waals surface area contributed by atoms with Gasteiger partial charge in [-0.3, -0.25) is 4.79 Å². The molecule has 2 rings (SSSR count). The monoisotopic (exact) mass is 436 g/mol. The van der Waals surface area contributed by atoms with Crippen LogP contribution in [0, 0.1) is 16.4 Å². The van der Waals surface area contributed by atoms with Gasteiger partial charge >= 0.3 is 0 Å². The standard InChI is InChI=1S/C15H21IN2O3S/c1-11-5-3-7-13(14(11)16)15(19)18-8-4-6-12(10-18)9-17-22(2,20)21/h3,5,7,12,17H,4,6,8-10H2,1-2H3. The summed E-state index contributed by atoms with van der Waals surface area (Å²) in [5.41, 5.74) is 1.83. The number of amides is 1. The maximum atomic E-state index is 12.7. The summed E-state index contributed by atoms with van der Waals surface area (Å²) in [6.07, 6.45) is 3.01. The van der Waals surface area contributed by atoms with Crippen LogP contribution in [-0.4, -0.2) is 45.1 Å².